The predicted octanol–water partition coefficient (Wildman–Crippen LogP) is 3.80. The Morgan fingerprint density at radius 2 is 1.92 bits per heavy atom. The van der Waals surface area contributed by atoms with Crippen LogP contribution in [0.15, 0.2) is 42.5 Å². The Morgan fingerprint density at radius 1 is 1.04 bits per heavy atom. The summed E-state index contributed by atoms with van der Waals surface area (Å²) in [5.74, 6) is 0. The van der Waals surface area contributed by atoms with E-state index < -0.39 is 0 Å². The molecule has 1 N–H and O–H groups in total. The van der Waals surface area contributed by atoms with Crippen molar-refractivity contribution in [1.82, 2.24) is 5.32 Å². The summed E-state index contributed by atoms with van der Waals surface area (Å²) in [5, 5.41) is 3.68. The molecule has 3 nitrogen and oxygen atoms in total. The minimum Gasteiger partial charge on any atom is -0.378 e. The predicted molar refractivity (Wildman–Crippen MR) is 98.3 cm³/mol. The molecule has 2 aromatic rings. The second kappa shape index (κ2) is 7.37. The van der Waals surface area contributed by atoms with Crippen LogP contribution < -0.4 is 10.2 Å². The average molecular weight is 321 g/mol. The van der Waals surface area contributed by atoms with E-state index in [9.17, 15) is 0 Å². The summed E-state index contributed by atoms with van der Waals surface area (Å²) in [5.41, 5.74) is 5.19. The Morgan fingerprint density at radius 3 is 2.67 bits per heavy atom. The van der Waals surface area contributed by atoms with E-state index in [0.717, 1.165) is 32.8 Å². The molecule has 1 unspecified atom stereocenters. The minimum atomic E-state index is 0.480. The number of anilines is 1. The fraction of sp³-hybridized carbons (Fsp3) is 0.429. The molecule has 2 aliphatic rings. The maximum Gasteiger partial charge on any atom is 0.0642 e. The Hall–Kier alpha value is -1.84. The van der Waals surface area contributed by atoms with Gasteiger partial charge in [-0.25, -0.2) is 0 Å². The molecule has 0 saturated carbocycles. The number of morpholine rings is 1. The maximum absolute atomic E-state index is 5.43. The number of hydrogen-bond donors (Lipinski definition) is 1. The molecule has 3 heteroatoms. The number of benzene rings is 2. The fourth-order valence-corrected chi connectivity index (χ4v) is 3.77. The van der Waals surface area contributed by atoms with E-state index in [1.807, 2.05) is 0 Å². The van der Waals surface area contributed by atoms with Crippen molar-refractivity contribution in [3.63, 3.8) is 0 Å². The molecular formula is C21H25N2O. The number of nitrogens with one attached hydrogen (secondary N) is 1. The highest BCUT2D eigenvalue weighted by Gasteiger charge is 2.18. The van der Waals surface area contributed by atoms with Gasteiger partial charge in [0.05, 0.1) is 13.2 Å². The monoisotopic (exact) mass is 321 g/mol. The number of hydrogen-bond acceptors (Lipinski definition) is 3. The average Bonchev–Trinajstić information content (AvgIpc) is 2.69. The number of nitrogens with zero attached hydrogens (tertiary/aromatic N) is 1. The molecule has 0 aliphatic carbocycles. The van der Waals surface area contributed by atoms with Gasteiger partial charge in [0, 0.05) is 30.9 Å². The van der Waals surface area contributed by atoms with Gasteiger partial charge in [-0.15, -0.1) is 0 Å². The summed E-state index contributed by atoms with van der Waals surface area (Å²) < 4.78 is 5.43. The summed E-state index contributed by atoms with van der Waals surface area (Å²) in [7, 11) is 0. The second-order valence-corrected chi connectivity index (χ2v) is 6.65. The van der Waals surface area contributed by atoms with Gasteiger partial charge in [0.2, 0.25) is 0 Å². The Balaban J connectivity index is 1.59. The summed E-state index contributed by atoms with van der Waals surface area (Å²) in [6.45, 7) is 4.66. The van der Waals surface area contributed by atoms with Crippen LogP contribution in [0, 0.1) is 6.07 Å². The van der Waals surface area contributed by atoms with E-state index in [4.69, 9.17) is 4.74 Å². The smallest absolute Gasteiger partial charge is 0.0642 e. The molecule has 1 radical (unpaired) electrons. The summed E-state index contributed by atoms with van der Waals surface area (Å²) in [6.07, 6.45) is 3.83. The third-order valence-electron chi connectivity index (χ3n) is 5.11. The van der Waals surface area contributed by atoms with E-state index in [1.165, 1.54) is 41.6 Å². The zero-order valence-electron chi connectivity index (χ0n) is 14.1. The van der Waals surface area contributed by atoms with Crippen molar-refractivity contribution < 1.29 is 4.74 Å². The van der Waals surface area contributed by atoms with E-state index >= 15 is 0 Å². The molecule has 2 heterocycles. The van der Waals surface area contributed by atoms with Crippen LogP contribution in [0.1, 0.15) is 30.9 Å². The third kappa shape index (κ3) is 3.33. The van der Waals surface area contributed by atoms with E-state index in [-0.39, 0.29) is 0 Å². The molecule has 0 spiro atoms. The lowest BCUT2D eigenvalue weighted by Gasteiger charge is -2.29. The standard InChI is InChI=1S/C21H25N2O/c1-2-6-20(21-7-3-4-12-22-21)19(5-1)17-8-10-18(11-9-17)23-13-15-24-16-14-23/h1-2,5-6,8-10,21-22H,3-4,7,12-16H2. The topological polar surface area (TPSA) is 24.5 Å². The molecular weight excluding hydrogens is 296 g/mol. The minimum absolute atomic E-state index is 0.480. The molecule has 2 fully saturated rings. The molecule has 2 aromatic carbocycles. The molecule has 2 saturated heterocycles. The Kier molecular flexibility index (Phi) is 4.81. The van der Waals surface area contributed by atoms with Crippen LogP contribution >= 0.6 is 0 Å². The largest absolute Gasteiger partial charge is 0.378 e. The first kappa shape index (κ1) is 15.7. The SMILES string of the molecule is [c]1cc(-c2ccccc2C2CCCCN2)ccc1N1CCOCC1. The van der Waals surface area contributed by atoms with Gasteiger partial charge in [-0.2, -0.15) is 0 Å². The van der Waals surface area contributed by atoms with E-state index in [2.05, 4.69) is 58.7 Å². The molecule has 0 aromatic heterocycles. The Bertz CT molecular complexity index is 656. The lowest BCUT2D eigenvalue weighted by Crippen LogP contribution is -2.36. The van der Waals surface area contributed by atoms with Gasteiger partial charge in [-0.3, -0.25) is 0 Å². The van der Waals surface area contributed by atoms with E-state index in [0.29, 0.717) is 6.04 Å². The van der Waals surface area contributed by atoms with Crippen molar-refractivity contribution in [2.45, 2.75) is 25.3 Å². The maximum atomic E-state index is 5.43. The first-order chi connectivity index (χ1) is 11.9. The summed E-state index contributed by atoms with van der Waals surface area (Å²) >= 11 is 0. The summed E-state index contributed by atoms with van der Waals surface area (Å²) in [4.78, 5) is 2.35. The van der Waals surface area contributed by atoms with Gasteiger partial charge < -0.3 is 15.0 Å². The number of rotatable bonds is 3. The van der Waals surface area contributed by atoms with Crippen LogP contribution in [-0.4, -0.2) is 32.8 Å². The van der Waals surface area contributed by atoms with Crippen molar-refractivity contribution in [3.8, 4) is 11.1 Å². The molecule has 2 aliphatic heterocycles. The molecule has 0 bridgehead atoms. The van der Waals surface area contributed by atoms with Gasteiger partial charge in [0.15, 0.2) is 0 Å². The van der Waals surface area contributed by atoms with Crippen molar-refractivity contribution >= 4 is 5.69 Å². The first-order valence-electron chi connectivity index (χ1n) is 9.09. The van der Waals surface area contributed by atoms with Crippen LogP contribution in [0.2, 0.25) is 0 Å². The highest BCUT2D eigenvalue weighted by Crippen LogP contribution is 2.33. The summed E-state index contributed by atoms with van der Waals surface area (Å²) in [6, 6.07) is 19.4. The van der Waals surface area contributed by atoms with Crippen molar-refractivity contribution in [3.05, 3.63) is 54.1 Å². The van der Waals surface area contributed by atoms with Gasteiger partial charge in [0.25, 0.3) is 0 Å². The molecule has 125 valence electrons. The van der Waals surface area contributed by atoms with Crippen LogP contribution in [0.5, 0.6) is 0 Å². The highest BCUT2D eigenvalue weighted by molar-refractivity contribution is 5.70. The zero-order valence-corrected chi connectivity index (χ0v) is 14.1. The quantitative estimate of drug-likeness (QED) is 0.930. The van der Waals surface area contributed by atoms with Crippen molar-refractivity contribution in [1.29, 1.82) is 0 Å². The van der Waals surface area contributed by atoms with Gasteiger partial charge in [-0.1, -0.05) is 36.8 Å². The second-order valence-electron chi connectivity index (χ2n) is 6.65. The molecule has 1 atom stereocenters. The number of ether oxygens (including phenoxy) is 1. The molecule has 24 heavy (non-hydrogen) atoms. The van der Waals surface area contributed by atoms with Crippen molar-refractivity contribution in [2.24, 2.45) is 0 Å². The lowest BCUT2D eigenvalue weighted by atomic mass is 9.90. The van der Waals surface area contributed by atoms with Gasteiger partial charge in [0.1, 0.15) is 0 Å². The zero-order chi connectivity index (χ0) is 16.2. The normalized spacial score (nSPS) is 21.7. The van der Waals surface area contributed by atoms with Crippen LogP contribution in [-0.2, 0) is 4.74 Å². The first-order valence-corrected chi connectivity index (χ1v) is 9.09. The molecule has 4 rings (SSSR count). The van der Waals surface area contributed by atoms with Crippen LogP contribution in [0.25, 0.3) is 11.1 Å². The van der Waals surface area contributed by atoms with Crippen LogP contribution in [0.4, 0.5) is 5.69 Å². The molecule has 0 amide bonds. The number of piperidine rings is 1. The Labute approximate surface area is 144 Å². The third-order valence-corrected chi connectivity index (χ3v) is 5.11. The van der Waals surface area contributed by atoms with Gasteiger partial charge in [-0.05, 0) is 48.2 Å². The van der Waals surface area contributed by atoms with Crippen LogP contribution in [0.3, 0.4) is 0 Å². The van der Waals surface area contributed by atoms with Crippen molar-refractivity contribution in [2.75, 3.05) is 37.7 Å². The fourth-order valence-electron chi connectivity index (χ4n) is 3.77. The van der Waals surface area contributed by atoms with Gasteiger partial charge >= 0.3 is 0 Å². The highest BCUT2D eigenvalue weighted by atomic mass is 16.5. The van der Waals surface area contributed by atoms with E-state index in [1.54, 1.807) is 0 Å². The lowest BCUT2D eigenvalue weighted by molar-refractivity contribution is 0.122.